The van der Waals surface area contributed by atoms with Gasteiger partial charge in [0.2, 0.25) is 0 Å². The van der Waals surface area contributed by atoms with E-state index in [4.69, 9.17) is 5.26 Å². The minimum Gasteiger partial charge on any atom is -0.368 e. The molecule has 0 aromatic heterocycles. The molecule has 2 heterocycles. The second-order valence-electron chi connectivity index (χ2n) is 9.49. The third-order valence-electron chi connectivity index (χ3n) is 7.11. The fourth-order valence-corrected chi connectivity index (χ4v) is 5.04. The van der Waals surface area contributed by atoms with Crippen LogP contribution in [0.4, 0.5) is 14.9 Å². The van der Waals surface area contributed by atoms with E-state index in [1.807, 2.05) is 17.9 Å². The number of hydrogen-bond donors (Lipinski definition) is 1. The fraction of sp³-hybridized carbons (Fsp3) is 0.481. The maximum atomic E-state index is 14.0. The van der Waals surface area contributed by atoms with Crippen LogP contribution in [0, 0.1) is 23.1 Å². The van der Waals surface area contributed by atoms with Crippen molar-refractivity contribution in [3.8, 4) is 6.07 Å². The topological polar surface area (TPSA) is 62.6 Å². The minimum absolute atomic E-state index is 0.0142. The molecule has 2 aromatic carbocycles. The molecule has 2 aliphatic heterocycles. The number of anilines is 1. The molecule has 0 spiro atoms. The second-order valence-corrected chi connectivity index (χ2v) is 9.49. The number of hydrogen-bond acceptors (Lipinski definition) is 4. The van der Waals surface area contributed by atoms with Crippen molar-refractivity contribution in [1.82, 2.24) is 15.1 Å². The standard InChI is InChI=1S/C27H34FN5O/c1-21-19-32(25-8-7-24(18-29)26(28)17-25)15-16-33(21)27(34)30-12-9-22-10-13-31(14-11-22)20-23-5-3-2-4-6-23/h2-8,17,21-22H,9-16,19-20H2,1H3,(H,30,34)/t21-/m1/s1. The Hall–Kier alpha value is -3.11. The Morgan fingerprint density at radius 1 is 1.12 bits per heavy atom. The Kier molecular flexibility index (Phi) is 8.02. The van der Waals surface area contributed by atoms with E-state index in [0.717, 1.165) is 31.7 Å². The Morgan fingerprint density at radius 3 is 2.56 bits per heavy atom. The smallest absolute Gasteiger partial charge is 0.317 e. The zero-order valence-corrected chi connectivity index (χ0v) is 19.9. The number of nitrogens with zero attached hydrogens (tertiary/aromatic N) is 4. The highest BCUT2D eigenvalue weighted by atomic mass is 19.1. The van der Waals surface area contributed by atoms with Crippen molar-refractivity contribution in [1.29, 1.82) is 5.26 Å². The number of nitriles is 1. The number of piperidine rings is 1. The summed E-state index contributed by atoms with van der Waals surface area (Å²) in [4.78, 5) is 19.2. The first-order valence-corrected chi connectivity index (χ1v) is 12.3. The largest absolute Gasteiger partial charge is 0.368 e. The highest BCUT2D eigenvalue weighted by molar-refractivity contribution is 5.75. The van der Waals surface area contributed by atoms with Gasteiger partial charge >= 0.3 is 6.03 Å². The molecule has 6 nitrogen and oxygen atoms in total. The number of benzene rings is 2. The Bertz CT molecular complexity index is 1000. The minimum atomic E-state index is -0.501. The van der Waals surface area contributed by atoms with Crippen LogP contribution >= 0.6 is 0 Å². The van der Waals surface area contributed by atoms with Crippen molar-refractivity contribution < 1.29 is 9.18 Å². The Balaban J connectivity index is 1.17. The van der Waals surface area contributed by atoms with E-state index in [2.05, 4.69) is 45.4 Å². The zero-order chi connectivity index (χ0) is 23.9. The molecule has 34 heavy (non-hydrogen) atoms. The summed E-state index contributed by atoms with van der Waals surface area (Å²) >= 11 is 0. The summed E-state index contributed by atoms with van der Waals surface area (Å²) in [6.07, 6.45) is 3.38. The molecule has 0 radical (unpaired) electrons. The predicted molar refractivity (Wildman–Crippen MR) is 132 cm³/mol. The first-order chi connectivity index (χ1) is 16.5. The van der Waals surface area contributed by atoms with Crippen LogP contribution < -0.4 is 10.2 Å². The predicted octanol–water partition coefficient (Wildman–Crippen LogP) is 4.22. The van der Waals surface area contributed by atoms with E-state index in [9.17, 15) is 9.18 Å². The summed E-state index contributed by atoms with van der Waals surface area (Å²) in [6, 6.07) is 17.2. The average molecular weight is 464 g/mol. The van der Waals surface area contributed by atoms with Crippen molar-refractivity contribution in [2.75, 3.05) is 44.2 Å². The van der Waals surface area contributed by atoms with Crippen molar-refractivity contribution >= 4 is 11.7 Å². The van der Waals surface area contributed by atoms with Gasteiger partial charge in [-0.3, -0.25) is 4.90 Å². The molecular weight excluding hydrogens is 429 g/mol. The van der Waals surface area contributed by atoms with Gasteiger partial charge < -0.3 is 15.1 Å². The summed E-state index contributed by atoms with van der Waals surface area (Å²) in [5.41, 5.74) is 2.17. The van der Waals surface area contributed by atoms with Gasteiger partial charge in [0.05, 0.1) is 5.56 Å². The number of carbonyl (C=O) groups excluding carboxylic acids is 1. The number of halogens is 1. The van der Waals surface area contributed by atoms with E-state index in [-0.39, 0.29) is 17.6 Å². The highest BCUT2D eigenvalue weighted by Crippen LogP contribution is 2.23. The third kappa shape index (κ3) is 6.06. The van der Waals surface area contributed by atoms with Crippen molar-refractivity contribution in [2.45, 2.75) is 38.8 Å². The van der Waals surface area contributed by atoms with Gasteiger partial charge in [-0.05, 0) is 69.0 Å². The fourth-order valence-electron chi connectivity index (χ4n) is 5.04. The van der Waals surface area contributed by atoms with Gasteiger partial charge in [0.15, 0.2) is 0 Å². The second kappa shape index (κ2) is 11.3. The van der Waals surface area contributed by atoms with E-state index in [1.54, 1.807) is 6.07 Å². The van der Waals surface area contributed by atoms with Crippen LogP contribution in [0.25, 0.3) is 0 Å². The molecule has 180 valence electrons. The monoisotopic (exact) mass is 463 g/mol. The molecule has 1 N–H and O–H groups in total. The molecule has 2 saturated heterocycles. The number of rotatable bonds is 6. The summed E-state index contributed by atoms with van der Waals surface area (Å²) in [6.45, 7) is 7.84. The van der Waals surface area contributed by atoms with Gasteiger partial charge in [-0.1, -0.05) is 30.3 Å². The third-order valence-corrected chi connectivity index (χ3v) is 7.11. The van der Waals surface area contributed by atoms with Crippen molar-refractivity contribution in [2.24, 2.45) is 5.92 Å². The zero-order valence-electron chi connectivity index (χ0n) is 19.9. The Morgan fingerprint density at radius 2 is 1.88 bits per heavy atom. The van der Waals surface area contributed by atoms with Crippen LogP contribution in [0.15, 0.2) is 48.5 Å². The van der Waals surface area contributed by atoms with E-state index in [1.165, 1.54) is 30.5 Å². The molecule has 2 amide bonds. The van der Waals surface area contributed by atoms with E-state index in [0.29, 0.717) is 32.1 Å². The summed E-state index contributed by atoms with van der Waals surface area (Å²) in [5, 5.41) is 12.0. The molecule has 0 saturated carbocycles. The summed E-state index contributed by atoms with van der Waals surface area (Å²) in [5.74, 6) is 0.159. The quantitative estimate of drug-likeness (QED) is 0.697. The molecule has 0 bridgehead atoms. The van der Waals surface area contributed by atoms with Gasteiger partial charge in [-0.25, -0.2) is 9.18 Å². The molecule has 0 unspecified atom stereocenters. The number of carbonyl (C=O) groups is 1. The van der Waals surface area contributed by atoms with Crippen LogP contribution in [-0.4, -0.2) is 61.1 Å². The Labute approximate surface area is 201 Å². The SMILES string of the molecule is C[C@@H]1CN(c2ccc(C#N)c(F)c2)CCN1C(=O)NCCC1CCN(Cc2ccccc2)CC1. The normalized spacial score (nSPS) is 19.6. The lowest BCUT2D eigenvalue weighted by Gasteiger charge is -2.41. The van der Waals surface area contributed by atoms with Crippen LogP contribution in [0.5, 0.6) is 0 Å². The molecule has 2 aromatic rings. The molecule has 2 fully saturated rings. The van der Waals surface area contributed by atoms with Gasteiger partial charge in [0.25, 0.3) is 0 Å². The first kappa shape index (κ1) is 24.0. The molecule has 4 rings (SSSR count). The van der Waals surface area contributed by atoms with Crippen molar-refractivity contribution in [3.05, 3.63) is 65.5 Å². The van der Waals surface area contributed by atoms with Crippen LogP contribution in [-0.2, 0) is 6.54 Å². The molecule has 1 atom stereocenters. The van der Waals surface area contributed by atoms with E-state index < -0.39 is 5.82 Å². The number of piperazine rings is 1. The van der Waals surface area contributed by atoms with Crippen LogP contribution in [0.2, 0.25) is 0 Å². The summed E-state index contributed by atoms with van der Waals surface area (Å²) < 4.78 is 14.0. The lowest BCUT2D eigenvalue weighted by Crippen LogP contribution is -2.56. The molecule has 0 aliphatic carbocycles. The van der Waals surface area contributed by atoms with Gasteiger partial charge in [-0.15, -0.1) is 0 Å². The van der Waals surface area contributed by atoms with Crippen LogP contribution in [0.1, 0.15) is 37.3 Å². The first-order valence-electron chi connectivity index (χ1n) is 12.3. The van der Waals surface area contributed by atoms with E-state index >= 15 is 0 Å². The average Bonchev–Trinajstić information content (AvgIpc) is 2.85. The number of likely N-dealkylation sites (tertiary alicyclic amines) is 1. The number of amides is 2. The lowest BCUT2D eigenvalue weighted by atomic mass is 9.93. The molecule has 2 aliphatic rings. The van der Waals surface area contributed by atoms with Crippen molar-refractivity contribution in [3.63, 3.8) is 0 Å². The highest BCUT2D eigenvalue weighted by Gasteiger charge is 2.28. The maximum Gasteiger partial charge on any atom is 0.317 e. The molecule has 7 heteroatoms. The van der Waals surface area contributed by atoms with Gasteiger partial charge in [-0.2, -0.15) is 5.26 Å². The van der Waals surface area contributed by atoms with Gasteiger partial charge in [0.1, 0.15) is 11.9 Å². The maximum absolute atomic E-state index is 14.0. The number of urea groups is 1. The van der Waals surface area contributed by atoms with Crippen LogP contribution in [0.3, 0.4) is 0 Å². The molecular formula is C27H34FN5O. The van der Waals surface area contributed by atoms with Gasteiger partial charge in [0, 0.05) is 44.5 Å². The number of nitrogens with one attached hydrogen (secondary N) is 1. The lowest BCUT2D eigenvalue weighted by molar-refractivity contribution is 0.162. The summed E-state index contributed by atoms with van der Waals surface area (Å²) in [7, 11) is 0.